The van der Waals surface area contributed by atoms with Crippen molar-refractivity contribution < 1.29 is 14.3 Å². The van der Waals surface area contributed by atoms with Crippen LogP contribution in [0.25, 0.3) is 0 Å². The van der Waals surface area contributed by atoms with E-state index in [4.69, 9.17) is 4.74 Å². The number of fused-ring (bicyclic) bond motifs is 1. The van der Waals surface area contributed by atoms with Gasteiger partial charge in [0, 0.05) is 12.1 Å². The van der Waals surface area contributed by atoms with Crippen LogP contribution in [-0.2, 0) is 22.6 Å². The Labute approximate surface area is 136 Å². The van der Waals surface area contributed by atoms with Crippen molar-refractivity contribution in [3.8, 4) is 0 Å². The molecule has 1 saturated heterocycles. The first-order valence-electron chi connectivity index (χ1n) is 8.08. The van der Waals surface area contributed by atoms with Gasteiger partial charge in [0.1, 0.15) is 5.60 Å². The fraction of sp³-hybridized carbons (Fsp3) is 0.688. The third-order valence-corrected chi connectivity index (χ3v) is 4.32. The van der Waals surface area contributed by atoms with Crippen molar-refractivity contribution in [2.45, 2.75) is 64.8 Å². The molecule has 1 fully saturated rings. The Balaban J connectivity index is 1.84. The average molecular weight is 320 g/mol. The lowest BCUT2D eigenvalue weighted by molar-refractivity contribution is -0.120. The van der Waals surface area contributed by atoms with E-state index in [1.54, 1.807) is 11.1 Å². The molecule has 0 saturated carbocycles. The average Bonchev–Trinajstić information content (AvgIpc) is 3.01. The van der Waals surface area contributed by atoms with Gasteiger partial charge in [0.25, 0.3) is 0 Å². The van der Waals surface area contributed by atoms with E-state index in [1.165, 1.54) is 0 Å². The van der Waals surface area contributed by atoms with Gasteiger partial charge in [-0.25, -0.2) is 4.79 Å². The highest BCUT2D eigenvalue weighted by Gasteiger charge is 2.36. The van der Waals surface area contributed by atoms with E-state index in [2.05, 4.69) is 10.4 Å². The Bertz CT molecular complexity index is 632. The molecular weight excluding hydrogens is 296 g/mol. The number of hydrogen-bond acceptors (Lipinski definition) is 4. The summed E-state index contributed by atoms with van der Waals surface area (Å²) in [7, 11) is 0. The number of ether oxygens (including phenoxy) is 1. The Morgan fingerprint density at radius 3 is 2.78 bits per heavy atom. The molecule has 0 bridgehead atoms. The maximum absolute atomic E-state index is 12.4. The molecule has 3 heterocycles. The highest BCUT2D eigenvalue weighted by atomic mass is 16.6. The minimum absolute atomic E-state index is 0.00232. The summed E-state index contributed by atoms with van der Waals surface area (Å²) in [5.41, 5.74) is 1.35. The van der Waals surface area contributed by atoms with Gasteiger partial charge in [0.05, 0.1) is 36.9 Å². The molecule has 1 N–H and O–H groups in total. The van der Waals surface area contributed by atoms with Gasteiger partial charge in [0.15, 0.2) is 0 Å². The zero-order valence-corrected chi connectivity index (χ0v) is 14.1. The molecule has 2 amide bonds. The molecule has 23 heavy (non-hydrogen) atoms. The second kappa shape index (κ2) is 5.54. The van der Waals surface area contributed by atoms with Gasteiger partial charge < -0.3 is 10.1 Å². The molecule has 0 aromatic carbocycles. The molecule has 1 aromatic rings. The molecule has 2 atom stereocenters. The highest BCUT2D eigenvalue weighted by molar-refractivity contribution is 5.85. The van der Waals surface area contributed by atoms with Crippen molar-refractivity contribution in [3.63, 3.8) is 0 Å². The van der Waals surface area contributed by atoms with Crippen molar-refractivity contribution in [1.82, 2.24) is 20.0 Å². The SMILES string of the molecule is C[C@H]1Cn2ncc(C3CCNC3=O)c2CN1C(=O)OC(C)(C)C. The van der Waals surface area contributed by atoms with Crippen LogP contribution >= 0.6 is 0 Å². The first-order valence-corrected chi connectivity index (χ1v) is 8.08. The van der Waals surface area contributed by atoms with Gasteiger partial charge in [-0.1, -0.05) is 0 Å². The van der Waals surface area contributed by atoms with E-state index in [-0.39, 0.29) is 24.0 Å². The molecule has 7 heteroatoms. The van der Waals surface area contributed by atoms with Gasteiger partial charge in [-0.3, -0.25) is 14.4 Å². The number of rotatable bonds is 1. The van der Waals surface area contributed by atoms with E-state index < -0.39 is 5.60 Å². The maximum Gasteiger partial charge on any atom is 0.410 e. The van der Waals surface area contributed by atoms with Gasteiger partial charge in [-0.05, 0) is 34.1 Å². The summed E-state index contributed by atoms with van der Waals surface area (Å²) in [5, 5.41) is 7.27. The van der Waals surface area contributed by atoms with E-state index >= 15 is 0 Å². The van der Waals surface area contributed by atoms with Crippen LogP contribution in [0.4, 0.5) is 4.79 Å². The molecule has 0 spiro atoms. The van der Waals surface area contributed by atoms with Gasteiger partial charge in [0.2, 0.25) is 5.91 Å². The lowest BCUT2D eigenvalue weighted by atomic mass is 9.97. The fourth-order valence-corrected chi connectivity index (χ4v) is 3.17. The lowest BCUT2D eigenvalue weighted by Crippen LogP contribution is -2.47. The van der Waals surface area contributed by atoms with Gasteiger partial charge in [-0.15, -0.1) is 0 Å². The Morgan fingerprint density at radius 1 is 1.43 bits per heavy atom. The second-order valence-electron chi connectivity index (χ2n) is 7.32. The Hall–Kier alpha value is -2.05. The Morgan fingerprint density at radius 2 is 2.17 bits per heavy atom. The van der Waals surface area contributed by atoms with Gasteiger partial charge in [-0.2, -0.15) is 5.10 Å². The molecule has 0 aliphatic carbocycles. The van der Waals surface area contributed by atoms with Crippen LogP contribution in [0, 0.1) is 0 Å². The molecule has 0 radical (unpaired) electrons. The molecule has 126 valence electrons. The molecule has 1 unspecified atom stereocenters. The molecule has 1 aromatic heterocycles. The smallest absolute Gasteiger partial charge is 0.410 e. The summed E-state index contributed by atoms with van der Waals surface area (Å²) in [4.78, 5) is 26.1. The van der Waals surface area contributed by atoms with Crippen molar-refractivity contribution in [1.29, 1.82) is 0 Å². The number of carbonyl (C=O) groups is 2. The van der Waals surface area contributed by atoms with Crippen LogP contribution in [0.2, 0.25) is 0 Å². The molecule has 2 aliphatic rings. The predicted molar refractivity (Wildman–Crippen MR) is 83.8 cm³/mol. The van der Waals surface area contributed by atoms with Crippen LogP contribution in [0.1, 0.15) is 51.3 Å². The van der Waals surface area contributed by atoms with Crippen molar-refractivity contribution in [2.75, 3.05) is 6.54 Å². The highest BCUT2D eigenvalue weighted by Crippen LogP contribution is 2.30. The summed E-state index contributed by atoms with van der Waals surface area (Å²) in [6.45, 7) is 9.29. The zero-order valence-electron chi connectivity index (χ0n) is 14.1. The van der Waals surface area contributed by atoms with E-state index in [0.717, 1.165) is 17.7 Å². The molecule has 7 nitrogen and oxygen atoms in total. The second-order valence-corrected chi connectivity index (χ2v) is 7.32. The molecular formula is C16H24N4O3. The first-order chi connectivity index (χ1) is 10.8. The monoisotopic (exact) mass is 320 g/mol. The number of aromatic nitrogens is 2. The van der Waals surface area contributed by atoms with Crippen LogP contribution in [0.3, 0.4) is 0 Å². The number of carbonyl (C=O) groups excluding carboxylic acids is 2. The lowest BCUT2D eigenvalue weighted by Gasteiger charge is -2.35. The topological polar surface area (TPSA) is 76.5 Å². The van der Waals surface area contributed by atoms with Crippen molar-refractivity contribution in [3.05, 3.63) is 17.5 Å². The summed E-state index contributed by atoms with van der Waals surface area (Å²) in [6, 6.07) is 0.00232. The number of nitrogens with zero attached hydrogens (tertiary/aromatic N) is 3. The summed E-state index contributed by atoms with van der Waals surface area (Å²) in [6.07, 6.45) is 2.23. The number of nitrogens with one attached hydrogen (secondary N) is 1. The largest absolute Gasteiger partial charge is 0.444 e. The fourth-order valence-electron chi connectivity index (χ4n) is 3.17. The summed E-state index contributed by atoms with van der Waals surface area (Å²) >= 11 is 0. The summed E-state index contributed by atoms with van der Waals surface area (Å²) < 4.78 is 7.41. The van der Waals surface area contributed by atoms with Crippen LogP contribution < -0.4 is 5.32 Å². The number of amides is 2. The minimum atomic E-state index is -0.525. The van der Waals surface area contributed by atoms with E-state index in [0.29, 0.717) is 19.6 Å². The normalized spacial score (nSPS) is 24.3. The third kappa shape index (κ3) is 3.04. The minimum Gasteiger partial charge on any atom is -0.444 e. The van der Waals surface area contributed by atoms with E-state index in [1.807, 2.05) is 32.4 Å². The Kier molecular flexibility index (Phi) is 3.82. The third-order valence-electron chi connectivity index (χ3n) is 4.32. The quantitative estimate of drug-likeness (QED) is 0.853. The maximum atomic E-state index is 12.4. The molecule has 3 rings (SSSR count). The van der Waals surface area contributed by atoms with Crippen molar-refractivity contribution in [2.24, 2.45) is 0 Å². The predicted octanol–water partition coefficient (Wildman–Crippen LogP) is 1.63. The van der Waals surface area contributed by atoms with E-state index in [9.17, 15) is 9.59 Å². The summed E-state index contributed by atoms with van der Waals surface area (Å²) in [5.74, 6) is -0.115. The number of hydrogen-bond donors (Lipinski definition) is 1. The van der Waals surface area contributed by atoms with Crippen LogP contribution in [-0.4, -0.2) is 44.9 Å². The van der Waals surface area contributed by atoms with Crippen molar-refractivity contribution >= 4 is 12.0 Å². The first kappa shape index (κ1) is 15.8. The van der Waals surface area contributed by atoms with Crippen LogP contribution in [0.5, 0.6) is 0 Å². The molecule has 2 aliphatic heterocycles. The van der Waals surface area contributed by atoms with Crippen LogP contribution in [0.15, 0.2) is 6.20 Å². The standard InChI is InChI=1S/C16H24N4O3/c1-10-8-20-13(9-19(10)15(22)23-16(2,3)4)12(7-18-20)11-5-6-17-14(11)21/h7,10-11H,5-6,8-9H2,1-4H3,(H,17,21)/t10-,11?/m0/s1. The zero-order chi connectivity index (χ0) is 16.8. The van der Waals surface area contributed by atoms with Gasteiger partial charge >= 0.3 is 6.09 Å².